The molecule has 0 radical (unpaired) electrons. The highest BCUT2D eigenvalue weighted by atomic mass is 32.2. The monoisotopic (exact) mass is 480 g/mol. The van der Waals surface area contributed by atoms with Gasteiger partial charge in [-0.3, -0.25) is 9.10 Å². The van der Waals surface area contributed by atoms with Crippen molar-refractivity contribution in [2.75, 3.05) is 16.2 Å². The maximum atomic E-state index is 13.1. The summed E-state index contributed by atoms with van der Waals surface area (Å²) < 4.78 is 27.6. The van der Waals surface area contributed by atoms with E-state index in [-0.39, 0.29) is 22.6 Å². The van der Waals surface area contributed by atoms with E-state index in [9.17, 15) is 18.3 Å². The summed E-state index contributed by atoms with van der Waals surface area (Å²) in [7, 11) is -3.74. The van der Waals surface area contributed by atoms with Crippen molar-refractivity contribution in [1.29, 1.82) is 0 Å². The number of anilines is 2. The van der Waals surface area contributed by atoms with Crippen molar-refractivity contribution in [3.05, 3.63) is 83.9 Å². The van der Waals surface area contributed by atoms with E-state index in [4.69, 9.17) is 0 Å². The fourth-order valence-electron chi connectivity index (χ4n) is 4.03. The number of aryl methyl sites for hydroxylation is 1. The van der Waals surface area contributed by atoms with Crippen molar-refractivity contribution < 1.29 is 18.3 Å². The van der Waals surface area contributed by atoms with Crippen LogP contribution in [-0.4, -0.2) is 32.0 Å². The molecule has 1 aliphatic heterocycles. The lowest BCUT2D eigenvalue weighted by molar-refractivity contribution is -0.117. The van der Waals surface area contributed by atoms with Crippen LogP contribution in [0.1, 0.15) is 30.5 Å². The second-order valence-corrected chi connectivity index (χ2v) is 10.1. The number of carbonyl (C=O) groups excluding carboxylic acids is 1. The van der Waals surface area contributed by atoms with Crippen LogP contribution >= 0.6 is 0 Å². The molecule has 0 aliphatic carbocycles. The fourth-order valence-corrected chi connectivity index (χ4v) is 5.51. The second kappa shape index (κ2) is 9.84. The van der Waals surface area contributed by atoms with E-state index >= 15 is 0 Å². The van der Waals surface area contributed by atoms with Crippen molar-refractivity contribution >= 4 is 27.3 Å². The number of nitrogens with zero attached hydrogens (tertiary/aromatic N) is 1. The van der Waals surface area contributed by atoms with Crippen LogP contribution in [0.2, 0.25) is 0 Å². The van der Waals surface area contributed by atoms with E-state index in [0.29, 0.717) is 24.3 Å². The Morgan fingerprint density at radius 3 is 2.41 bits per heavy atom. The van der Waals surface area contributed by atoms with E-state index in [2.05, 4.69) is 16.2 Å². The van der Waals surface area contributed by atoms with Gasteiger partial charge < -0.3 is 10.4 Å². The fraction of sp³-hybridized carbons (Fsp3) is 0.240. The van der Waals surface area contributed by atoms with E-state index in [1.54, 1.807) is 49.4 Å². The Balaban J connectivity index is 1.42. The average Bonchev–Trinajstić information content (AvgIpc) is 3.31. The van der Waals surface area contributed by atoms with Gasteiger partial charge in [-0.25, -0.2) is 19.3 Å². The van der Waals surface area contributed by atoms with Crippen molar-refractivity contribution in [2.45, 2.75) is 37.2 Å². The summed E-state index contributed by atoms with van der Waals surface area (Å²) >= 11 is 0. The zero-order valence-electron chi connectivity index (χ0n) is 19.0. The first-order chi connectivity index (χ1) is 16.3. The van der Waals surface area contributed by atoms with E-state index in [0.717, 1.165) is 11.1 Å². The van der Waals surface area contributed by atoms with Crippen LogP contribution in [0.25, 0.3) is 0 Å². The van der Waals surface area contributed by atoms with Crippen molar-refractivity contribution in [3.8, 4) is 5.75 Å². The highest BCUT2D eigenvalue weighted by Crippen LogP contribution is 2.30. The molecule has 1 heterocycles. The maximum Gasteiger partial charge on any atom is 0.264 e. The van der Waals surface area contributed by atoms with E-state index in [1.165, 1.54) is 16.4 Å². The Hall–Kier alpha value is -3.40. The summed E-state index contributed by atoms with van der Waals surface area (Å²) in [5.74, 6) is -0.0644. The topological polar surface area (TPSA) is 111 Å². The molecule has 9 heteroatoms. The Morgan fingerprint density at radius 1 is 1.06 bits per heavy atom. The molecule has 4 rings (SSSR count). The normalized spacial score (nSPS) is 17.9. The van der Waals surface area contributed by atoms with Crippen LogP contribution < -0.4 is 20.5 Å². The molecular formula is C25H28N4O4S. The predicted molar refractivity (Wildman–Crippen MR) is 132 cm³/mol. The van der Waals surface area contributed by atoms with Gasteiger partial charge in [-0.05, 0) is 68.3 Å². The summed E-state index contributed by atoms with van der Waals surface area (Å²) in [5, 5.41) is 13.0. The summed E-state index contributed by atoms with van der Waals surface area (Å²) in [6, 6.07) is 19.8. The third-order valence-electron chi connectivity index (χ3n) is 5.82. The van der Waals surface area contributed by atoms with Crippen molar-refractivity contribution in [3.63, 3.8) is 0 Å². The number of hydrogen-bond acceptors (Lipinski definition) is 6. The van der Waals surface area contributed by atoms with Gasteiger partial charge in [-0.2, -0.15) is 0 Å². The van der Waals surface area contributed by atoms with Gasteiger partial charge in [0, 0.05) is 17.8 Å². The molecule has 3 aromatic rings. The number of nitrogens with one attached hydrogen (secondary N) is 3. The van der Waals surface area contributed by atoms with Crippen LogP contribution in [0.5, 0.6) is 5.75 Å². The number of amides is 1. The Kier molecular flexibility index (Phi) is 6.87. The minimum absolute atomic E-state index is 0.145. The molecule has 1 aliphatic rings. The average molecular weight is 481 g/mol. The molecule has 2 unspecified atom stereocenters. The highest BCUT2D eigenvalue weighted by Gasteiger charge is 2.31. The number of aromatic hydroxyl groups is 1. The molecule has 0 saturated carbocycles. The number of phenols is 1. The minimum atomic E-state index is -3.74. The molecule has 8 nitrogen and oxygen atoms in total. The highest BCUT2D eigenvalue weighted by molar-refractivity contribution is 7.92. The predicted octanol–water partition coefficient (Wildman–Crippen LogP) is 3.46. The summed E-state index contributed by atoms with van der Waals surface area (Å²) in [4.78, 5) is 12.9. The Morgan fingerprint density at radius 2 is 1.76 bits per heavy atom. The number of phenolic OH excluding ortho intramolecular Hbond substituents is 1. The van der Waals surface area contributed by atoms with Gasteiger partial charge in [0.05, 0.1) is 16.6 Å². The van der Waals surface area contributed by atoms with Crippen molar-refractivity contribution in [1.82, 2.24) is 10.9 Å². The minimum Gasteiger partial charge on any atom is -0.508 e. The maximum absolute atomic E-state index is 13.1. The number of sulfonamides is 1. The molecule has 1 fully saturated rings. The van der Waals surface area contributed by atoms with Gasteiger partial charge >= 0.3 is 0 Å². The van der Waals surface area contributed by atoms with Gasteiger partial charge in [-0.15, -0.1) is 0 Å². The van der Waals surface area contributed by atoms with E-state index < -0.39 is 16.1 Å². The van der Waals surface area contributed by atoms with Gasteiger partial charge in [0.25, 0.3) is 10.0 Å². The Labute approximate surface area is 199 Å². The summed E-state index contributed by atoms with van der Waals surface area (Å²) in [5.41, 5.74) is 8.79. The largest absolute Gasteiger partial charge is 0.508 e. The third-order valence-corrected chi connectivity index (χ3v) is 7.74. The molecule has 1 saturated heterocycles. The number of hydrazine groups is 1. The third kappa shape index (κ3) is 4.91. The van der Waals surface area contributed by atoms with Crippen LogP contribution in [0.15, 0.2) is 77.7 Å². The first-order valence-electron chi connectivity index (χ1n) is 11.1. The first kappa shape index (κ1) is 23.7. The molecule has 2 atom stereocenters. The van der Waals surface area contributed by atoms with Gasteiger partial charge in [0.2, 0.25) is 5.91 Å². The lowest BCUT2D eigenvalue weighted by Crippen LogP contribution is -2.39. The van der Waals surface area contributed by atoms with Crippen molar-refractivity contribution in [2.24, 2.45) is 0 Å². The number of hydrogen-bond donors (Lipinski definition) is 4. The van der Waals surface area contributed by atoms with Gasteiger partial charge in [0.1, 0.15) is 11.8 Å². The standard InChI is InChI=1S/C25H28N4O4S/c1-3-29(19-7-5-4-6-8-19)34(32,33)20-12-10-18(11-13-20)26-25(31)23-16-22(27-28-23)21-14-9-17(2)15-24(21)30/h4-15,22-23,27-28,30H,3,16H2,1-2H3,(H,26,31). The quantitative estimate of drug-likeness (QED) is 0.412. The molecule has 178 valence electrons. The molecule has 4 N–H and O–H groups in total. The lowest BCUT2D eigenvalue weighted by atomic mass is 9.99. The van der Waals surface area contributed by atoms with Gasteiger partial charge in [-0.1, -0.05) is 30.3 Å². The van der Waals surface area contributed by atoms with Crippen LogP contribution in [0, 0.1) is 6.92 Å². The molecule has 3 aromatic carbocycles. The number of para-hydroxylation sites is 1. The summed E-state index contributed by atoms with van der Waals surface area (Å²) in [6.07, 6.45) is 0.456. The molecule has 0 spiro atoms. The van der Waals surface area contributed by atoms with Crippen LogP contribution in [0.3, 0.4) is 0 Å². The molecular weight excluding hydrogens is 452 g/mol. The second-order valence-electron chi connectivity index (χ2n) is 8.21. The zero-order chi connectivity index (χ0) is 24.3. The van der Waals surface area contributed by atoms with Gasteiger partial charge in [0.15, 0.2) is 0 Å². The van der Waals surface area contributed by atoms with Crippen LogP contribution in [0.4, 0.5) is 11.4 Å². The molecule has 34 heavy (non-hydrogen) atoms. The molecule has 0 bridgehead atoms. The zero-order valence-corrected chi connectivity index (χ0v) is 19.8. The van der Waals surface area contributed by atoms with E-state index in [1.807, 2.05) is 25.1 Å². The van der Waals surface area contributed by atoms with Crippen LogP contribution in [-0.2, 0) is 14.8 Å². The number of benzene rings is 3. The Bertz CT molecular complexity index is 1260. The summed E-state index contributed by atoms with van der Waals surface area (Å²) in [6.45, 7) is 3.98. The molecule has 1 amide bonds. The first-order valence-corrected chi connectivity index (χ1v) is 12.5. The molecule has 0 aromatic heterocycles. The lowest BCUT2D eigenvalue weighted by Gasteiger charge is -2.23. The SMILES string of the molecule is CCN(c1ccccc1)S(=O)(=O)c1ccc(NC(=O)C2CC(c3ccc(C)cc3O)NN2)cc1. The number of rotatable bonds is 7. The smallest absolute Gasteiger partial charge is 0.264 e. The number of carbonyl (C=O) groups is 1.